The minimum absolute atomic E-state index is 0.0556. The monoisotopic (exact) mass is 514 g/mol. The van der Waals surface area contributed by atoms with E-state index in [9.17, 15) is 14.4 Å². The lowest BCUT2D eigenvalue weighted by Gasteiger charge is -2.39. The number of amides is 3. The van der Waals surface area contributed by atoms with Gasteiger partial charge < -0.3 is 15.5 Å². The minimum atomic E-state index is -0.652. The minimum Gasteiger partial charge on any atom is -0.344 e. The largest absolute Gasteiger partial charge is 0.344 e. The van der Waals surface area contributed by atoms with Gasteiger partial charge in [0.05, 0.1) is 12.5 Å². The predicted octanol–water partition coefficient (Wildman–Crippen LogP) is 3.51. The van der Waals surface area contributed by atoms with Gasteiger partial charge in [0.1, 0.15) is 12.6 Å². The third-order valence-corrected chi connectivity index (χ3v) is 7.82. The van der Waals surface area contributed by atoms with E-state index in [-0.39, 0.29) is 31.0 Å². The zero-order chi connectivity index (χ0) is 26.8. The first-order chi connectivity index (χ1) is 17.7. The fourth-order valence-electron chi connectivity index (χ4n) is 5.47. The smallest absolute Gasteiger partial charge is 0.245 e. The number of rotatable bonds is 12. The lowest BCUT2D eigenvalue weighted by molar-refractivity contribution is -0.182. The van der Waals surface area contributed by atoms with Gasteiger partial charge in [-0.3, -0.25) is 19.2 Å². The molecule has 206 valence electrons. The van der Waals surface area contributed by atoms with Crippen LogP contribution in [0.5, 0.6) is 0 Å². The van der Waals surface area contributed by atoms with E-state index in [1.54, 1.807) is 0 Å². The molecule has 2 aliphatic rings. The normalized spacial score (nSPS) is 18.7. The number of benzene rings is 1. The van der Waals surface area contributed by atoms with E-state index >= 15 is 0 Å². The first kappa shape index (κ1) is 29.1. The van der Waals surface area contributed by atoms with Crippen LogP contribution in [-0.2, 0) is 25.8 Å². The third-order valence-electron chi connectivity index (χ3n) is 7.82. The Balaban J connectivity index is 1.71. The van der Waals surface area contributed by atoms with Gasteiger partial charge >= 0.3 is 0 Å². The maximum absolute atomic E-state index is 13.7. The molecule has 1 aliphatic heterocycles. The number of hydrogen-bond acceptors (Lipinski definition) is 5. The van der Waals surface area contributed by atoms with E-state index in [0.29, 0.717) is 18.7 Å². The number of carbonyl (C=O) groups excluding carboxylic acids is 3. The van der Waals surface area contributed by atoms with Crippen molar-refractivity contribution >= 4 is 18.2 Å². The van der Waals surface area contributed by atoms with Gasteiger partial charge in [0.15, 0.2) is 0 Å². The van der Waals surface area contributed by atoms with Crippen LogP contribution < -0.4 is 10.6 Å². The average molecular weight is 515 g/mol. The second kappa shape index (κ2) is 13.9. The molecule has 1 aromatic rings. The Bertz CT molecular complexity index is 860. The number of nitrogens with one attached hydrogen (secondary N) is 2. The number of hydrogen-bond donors (Lipinski definition) is 2. The molecule has 3 rings (SSSR count). The highest BCUT2D eigenvalue weighted by Crippen LogP contribution is 2.31. The maximum Gasteiger partial charge on any atom is 0.245 e. The Hall–Kier alpha value is -2.45. The molecule has 0 bridgehead atoms. The van der Waals surface area contributed by atoms with Gasteiger partial charge in [-0.15, -0.1) is 0 Å². The highest BCUT2D eigenvalue weighted by molar-refractivity contribution is 5.89. The Morgan fingerprint density at radius 2 is 1.76 bits per heavy atom. The predicted molar refractivity (Wildman–Crippen MR) is 144 cm³/mol. The van der Waals surface area contributed by atoms with Crippen molar-refractivity contribution in [2.24, 2.45) is 17.3 Å². The SMILES string of the molecule is CN(C(=O)[C@@H](NC(=O)[C@H](CC1CCCC1)CN(C=O)OCc1ccccc1)C(C)(C)C)C1CCNCC1. The molecule has 2 N–H and O–H groups in total. The van der Waals surface area contributed by atoms with Gasteiger partial charge in [-0.25, -0.2) is 5.06 Å². The lowest BCUT2D eigenvalue weighted by atomic mass is 9.84. The highest BCUT2D eigenvalue weighted by Gasteiger charge is 2.38. The number of nitrogens with zero attached hydrogens (tertiary/aromatic N) is 2. The Labute approximate surface area is 222 Å². The van der Waals surface area contributed by atoms with E-state index in [2.05, 4.69) is 10.6 Å². The molecule has 37 heavy (non-hydrogen) atoms. The molecule has 0 spiro atoms. The van der Waals surface area contributed by atoms with Crippen LogP contribution in [0.4, 0.5) is 0 Å². The number of carbonyl (C=O) groups is 3. The van der Waals surface area contributed by atoms with Crippen molar-refractivity contribution in [2.45, 2.75) is 84.4 Å². The van der Waals surface area contributed by atoms with Crippen molar-refractivity contribution in [3.8, 4) is 0 Å². The zero-order valence-corrected chi connectivity index (χ0v) is 23.1. The second-order valence-electron chi connectivity index (χ2n) is 11.8. The van der Waals surface area contributed by atoms with E-state index in [1.165, 1.54) is 17.9 Å². The van der Waals surface area contributed by atoms with Gasteiger partial charge in [0, 0.05) is 13.1 Å². The third kappa shape index (κ3) is 8.82. The van der Waals surface area contributed by atoms with Crippen molar-refractivity contribution in [3.63, 3.8) is 0 Å². The van der Waals surface area contributed by atoms with E-state index < -0.39 is 17.4 Å². The molecular weight excluding hydrogens is 468 g/mol. The first-order valence-corrected chi connectivity index (χ1v) is 13.9. The molecule has 0 aromatic heterocycles. The summed E-state index contributed by atoms with van der Waals surface area (Å²) in [7, 11) is 1.85. The summed E-state index contributed by atoms with van der Waals surface area (Å²) in [6, 6.07) is 9.16. The van der Waals surface area contributed by atoms with Crippen LogP contribution in [0, 0.1) is 17.3 Å². The van der Waals surface area contributed by atoms with E-state index in [1.807, 2.05) is 63.1 Å². The summed E-state index contributed by atoms with van der Waals surface area (Å²) in [5, 5.41) is 7.69. The summed E-state index contributed by atoms with van der Waals surface area (Å²) in [4.78, 5) is 46.8. The van der Waals surface area contributed by atoms with Gasteiger partial charge in [-0.1, -0.05) is 76.8 Å². The van der Waals surface area contributed by atoms with Crippen molar-refractivity contribution in [2.75, 3.05) is 26.7 Å². The summed E-state index contributed by atoms with van der Waals surface area (Å²) in [5.41, 5.74) is 0.491. The maximum atomic E-state index is 13.7. The fourth-order valence-corrected chi connectivity index (χ4v) is 5.47. The molecule has 8 nitrogen and oxygen atoms in total. The van der Waals surface area contributed by atoms with Crippen molar-refractivity contribution in [3.05, 3.63) is 35.9 Å². The van der Waals surface area contributed by atoms with Crippen LogP contribution >= 0.6 is 0 Å². The zero-order valence-electron chi connectivity index (χ0n) is 23.1. The number of piperidine rings is 1. The topological polar surface area (TPSA) is 91.0 Å². The van der Waals surface area contributed by atoms with Crippen LogP contribution in [0.15, 0.2) is 30.3 Å². The molecule has 1 saturated heterocycles. The molecular formula is C29H46N4O4. The molecule has 1 aromatic carbocycles. The standard InChI is InChI=1S/C29H46N4O4/c1-29(2,3)26(28(36)32(4)25-14-16-30-17-15-25)31-27(35)24(18-22-10-8-9-11-22)19-33(21-34)37-20-23-12-6-5-7-13-23/h5-7,12-13,21-22,24-26,30H,8-11,14-20H2,1-4H3,(H,31,35)/t24-,26-/m1/s1. The van der Waals surface area contributed by atoms with Gasteiger partial charge in [0.2, 0.25) is 18.2 Å². The van der Waals surface area contributed by atoms with Crippen molar-refractivity contribution in [1.29, 1.82) is 0 Å². The van der Waals surface area contributed by atoms with E-state index in [0.717, 1.165) is 44.3 Å². The fraction of sp³-hybridized carbons (Fsp3) is 0.690. The average Bonchev–Trinajstić information content (AvgIpc) is 3.41. The van der Waals surface area contributed by atoms with Crippen molar-refractivity contribution < 1.29 is 19.2 Å². The Kier molecular flexibility index (Phi) is 10.9. The van der Waals surface area contributed by atoms with Crippen LogP contribution in [0.2, 0.25) is 0 Å². The first-order valence-electron chi connectivity index (χ1n) is 13.9. The van der Waals surface area contributed by atoms with Gasteiger partial charge in [-0.05, 0) is 49.2 Å². The summed E-state index contributed by atoms with van der Waals surface area (Å²) in [5.74, 6) is -0.250. The highest BCUT2D eigenvalue weighted by atomic mass is 16.7. The molecule has 3 amide bonds. The lowest BCUT2D eigenvalue weighted by Crippen LogP contribution is -2.58. The molecule has 8 heteroatoms. The van der Waals surface area contributed by atoms with Crippen LogP contribution in [0.25, 0.3) is 0 Å². The molecule has 1 heterocycles. The Morgan fingerprint density at radius 3 is 2.35 bits per heavy atom. The number of hydroxylamine groups is 2. The summed E-state index contributed by atoms with van der Waals surface area (Å²) in [6.07, 6.45) is 7.67. The molecule has 0 radical (unpaired) electrons. The molecule has 0 unspecified atom stereocenters. The molecule has 2 fully saturated rings. The summed E-state index contributed by atoms with van der Waals surface area (Å²) >= 11 is 0. The van der Waals surface area contributed by atoms with Crippen LogP contribution in [0.3, 0.4) is 0 Å². The summed E-state index contributed by atoms with van der Waals surface area (Å²) < 4.78 is 0. The second-order valence-corrected chi connectivity index (χ2v) is 11.8. The number of likely N-dealkylation sites (N-methyl/N-ethyl adjacent to an activating group) is 1. The Morgan fingerprint density at radius 1 is 1.11 bits per heavy atom. The molecule has 2 atom stereocenters. The van der Waals surface area contributed by atoms with Gasteiger partial charge in [-0.2, -0.15) is 0 Å². The van der Waals surface area contributed by atoms with Crippen LogP contribution in [-0.4, -0.2) is 67.0 Å². The van der Waals surface area contributed by atoms with Gasteiger partial charge in [0.25, 0.3) is 0 Å². The summed E-state index contributed by atoms with van der Waals surface area (Å²) in [6.45, 7) is 8.15. The molecule has 1 aliphatic carbocycles. The van der Waals surface area contributed by atoms with E-state index in [4.69, 9.17) is 4.84 Å². The molecule has 1 saturated carbocycles. The van der Waals surface area contributed by atoms with Crippen LogP contribution in [0.1, 0.15) is 71.3 Å². The quantitative estimate of drug-likeness (QED) is 0.329. The van der Waals surface area contributed by atoms with Crippen molar-refractivity contribution in [1.82, 2.24) is 20.6 Å².